The largest absolute Gasteiger partial charge is 0.416 e. The zero-order valence-electron chi connectivity index (χ0n) is 18.1. The van der Waals surface area contributed by atoms with Crippen molar-refractivity contribution >= 4 is 15.7 Å². The van der Waals surface area contributed by atoms with Gasteiger partial charge < -0.3 is 0 Å². The lowest BCUT2D eigenvalue weighted by Gasteiger charge is -2.10. The number of sulfonamides is 1. The van der Waals surface area contributed by atoms with E-state index in [0.29, 0.717) is 45.3 Å². The third-order valence-electron chi connectivity index (χ3n) is 4.84. The summed E-state index contributed by atoms with van der Waals surface area (Å²) in [6.07, 6.45) is -1.77. The smallest absolute Gasteiger partial charge is 0.284 e. The first-order valence-corrected chi connectivity index (χ1v) is 11.9. The van der Waals surface area contributed by atoms with Crippen LogP contribution in [0.4, 0.5) is 18.9 Å². The molecule has 0 saturated heterocycles. The first-order valence-electron chi connectivity index (χ1n) is 10.1. The second-order valence-corrected chi connectivity index (χ2v) is 9.43. The molecule has 0 spiro atoms. The van der Waals surface area contributed by atoms with E-state index in [1.807, 2.05) is 0 Å². The molecule has 34 heavy (non-hydrogen) atoms. The molecule has 0 saturated carbocycles. The van der Waals surface area contributed by atoms with Crippen molar-refractivity contribution < 1.29 is 21.6 Å². The summed E-state index contributed by atoms with van der Waals surface area (Å²) < 4.78 is 64.2. The maximum absolute atomic E-state index is 12.9. The Kier molecular flexibility index (Phi) is 6.09. The zero-order valence-corrected chi connectivity index (χ0v) is 18.9. The topological polar surface area (TPSA) is 84.8 Å². The first kappa shape index (κ1) is 23.4. The molecule has 4 rings (SSSR count). The van der Waals surface area contributed by atoms with Gasteiger partial charge in [-0.3, -0.25) is 9.71 Å². The minimum Gasteiger partial charge on any atom is -0.284 e. The number of hydrogen-bond acceptors (Lipinski definition) is 5. The predicted molar refractivity (Wildman–Crippen MR) is 124 cm³/mol. The van der Waals surface area contributed by atoms with E-state index in [4.69, 9.17) is 0 Å². The summed E-state index contributed by atoms with van der Waals surface area (Å²) in [6, 6.07) is 16.8. The molecule has 0 aliphatic rings. The van der Waals surface area contributed by atoms with Crippen LogP contribution in [0.25, 0.3) is 33.9 Å². The summed E-state index contributed by atoms with van der Waals surface area (Å²) in [5.74, 6) is 0.369. The number of halogens is 3. The molecule has 2 heterocycles. The summed E-state index contributed by atoms with van der Waals surface area (Å²) in [6.45, 7) is 1.79. The molecule has 0 radical (unpaired) electrons. The highest BCUT2D eigenvalue weighted by atomic mass is 32.2. The van der Waals surface area contributed by atoms with E-state index in [1.165, 1.54) is 12.1 Å². The van der Waals surface area contributed by atoms with Crippen LogP contribution in [0.3, 0.4) is 0 Å². The fourth-order valence-corrected chi connectivity index (χ4v) is 3.95. The molecule has 0 atom stereocenters. The Balaban J connectivity index is 1.70. The third-order valence-corrected chi connectivity index (χ3v) is 5.45. The molecule has 0 amide bonds. The molecule has 174 valence electrons. The second-order valence-electron chi connectivity index (χ2n) is 7.68. The highest BCUT2D eigenvalue weighted by Crippen LogP contribution is 2.32. The van der Waals surface area contributed by atoms with Gasteiger partial charge in [-0.25, -0.2) is 18.4 Å². The van der Waals surface area contributed by atoms with Crippen molar-refractivity contribution in [1.29, 1.82) is 0 Å². The summed E-state index contributed by atoms with van der Waals surface area (Å²) in [5, 5.41) is 0. The number of pyridine rings is 1. The number of aryl methyl sites for hydroxylation is 1. The highest BCUT2D eigenvalue weighted by molar-refractivity contribution is 7.92. The molecule has 10 heteroatoms. The van der Waals surface area contributed by atoms with Crippen molar-refractivity contribution in [2.75, 3.05) is 11.0 Å². The molecule has 0 fully saturated rings. The number of nitrogens with one attached hydrogen (secondary N) is 1. The lowest BCUT2D eigenvalue weighted by molar-refractivity contribution is -0.137. The van der Waals surface area contributed by atoms with Crippen LogP contribution >= 0.6 is 0 Å². The lowest BCUT2D eigenvalue weighted by Crippen LogP contribution is -2.09. The molecule has 4 aromatic rings. The van der Waals surface area contributed by atoms with Gasteiger partial charge in [0.25, 0.3) is 0 Å². The second kappa shape index (κ2) is 8.86. The molecule has 0 bridgehead atoms. The van der Waals surface area contributed by atoms with E-state index in [0.717, 1.165) is 18.4 Å². The Bertz CT molecular complexity index is 1450. The molecule has 0 unspecified atom stereocenters. The van der Waals surface area contributed by atoms with Crippen LogP contribution in [0.15, 0.2) is 72.9 Å². The Morgan fingerprint density at radius 1 is 0.824 bits per heavy atom. The summed E-state index contributed by atoms with van der Waals surface area (Å²) >= 11 is 0. The van der Waals surface area contributed by atoms with Crippen LogP contribution < -0.4 is 4.72 Å². The Hall–Kier alpha value is -3.79. The highest BCUT2D eigenvalue weighted by Gasteiger charge is 2.30. The molecule has 1 N–H and O–H groups in total. The summed E-state index contributed by atoms with van der Waals surface area (Å²) in [4.78, 5) is 13.4. The SMILES string of the molecule is Cc1cc(-c2ccc(C(F)(F)F)cc2)cc(-c2ccnc(-c3cccc(NS(C)(=O)=O)c3)n2)n1. The van der Waals surface area contributed by atoms with E-state index < -0.39 is 21.8 Å². The van der Waals surface area contributed by atoms with Crippen molar-refractivity contribution in [3.8, 4) is 33.9 Å². The van der Waals surface area contributed by atoms with Gasteiger partial charge in [-0.1, -0.05) is 24.3 Å². The molecular weight excluding hydrogens is 465 g/mol. The van der Waals surface area contributed by atoms with Gasteiger partial charge in [0.1, 0.15) is 0 Å². The molecule has 6 nitrogen and oxygen atoms in total. The van der Waals surface area contributed by atoms with Gasteiger partial charge in [-0.05, 0) is 60.5 Å². The van der Waals surface area contributed by atoms with Gasteiger partial charge in [0, 0.05) is 23.1 Å². The van der Waals surface area contributed by atoms with Crippen LogP contribution in [0.1, 0.15) is 11.3 Å². The van der Waals surface area contributed by atoms with E-state index in [2.05, 4.69) is 19.7 Å². The third kappa shape index (κ3) is 5.57. The fraction of sp³-hybridized carbons (Fsp3) is 0.125. The Labute approximate surface area is 194 Å². The van der Waals surface area contributed by atoms with Crippen molar-refractivity contribution in [2.24, 2.45) is 0 Å². The number of rotatable bonds is 5. The monoisotopic (exact) mass is 484 g/mol. The maximum atomic E-state index is 12.9. The molecule has 2 aromatic carbocycles. The number of benzene rings is 2. The number of aromatic nitrogens is 3. The Morgan fingerprint density at radius 3 is 2.24 bits per heavy atom. The minimum absolute atomic E-state index is 0.369. The van der Waals surface area contributed by atoms with Crippen LogP contribution in [0.2, 0.25) is 0 Å². The zero-order chi connectivity index (χ0) is 24.5. The van der Waals surface area contributed by atoms with Crippen molar-refractivity contribution in [2.45, 2.75) is 13.1 Å². The van der Waals surface area contributed by atoms with Crippen molar-refractivity contribution in [3.05, 3.63) is 84.2 Å². The average molecular weight is 485 g/mol. The fourth-order valence-electron chi connectivity index (χ4n) is 3.39. The van der Waals surface area contributed by atoms with Crippen LogP contribution in [0, 0.1) is 6.92 Å². The van der Waals surface area contributed by atoms with Crippen molar-refractivity contribution in [1.82, 2.24) is 15.0 Å². The van der Waals surface area contributed by atoms with Crippen LogP contribution in [-0.4, -0.2) is 29.6 Å². The molecule has 0 aliphatic heterocycles. The van der Waals surface area contributed by atoms with Gasteiger partial charge >= 0.3 is 6.18 Å². The normalized spacial score (nSPS) is 11.9. The molecular formula is C24H19F3N4O2S. The minimum atomic E-state index is -4.40. The van der Waals surface area contributed by atoms with E-state index >= 15 is 0 Å². The number of anilines is 1. The molecule has 0 aliphatic carbocycles. The predicted octanol–water partition coefficient (Wildman–Crippen LogP) is 5.57. The van der Waals surface area contributed by atoms with Crippen LogP contribution in [-0.2, 0) is 16.2 Å². The lowest BCUT2D eigenvalue weighted by atomic mass is 10.0. The van der Waals surface area contributed by atoms with Crippen molar-refractivity contribution in [3.63, 3.8) is 0 Å². The average Bonchev–Trinajstić information content (AvgIpc) is 2.77. The quantitative estimate of drug-likeness (QED) is 0.400. The van der Waals surface area contributed by atoms with Gasteiger partial charge in [0.15, 0.2) is 5.82 Å². The van der Waals surface area contributed by atoms with Gasteiger partial charge in [-0.15, -0.1) is 0 Å². The van der Waals surface area contributed by atoms with Gasteiger partial charge in [0.05, 0.1) is 23.2 Å². The summed E-state index contributed by atoms with van der Waals surface area (Å²) in [5.41, 5.74) is 3.32. The number of hydrogen-bond donors (Lipinski definition) is 1. The first-order chi connectivity index (χ1) is 16.0. The standard InChI is InChI=1S/C24H19F3N4O2S/c1-15-12-18(16-6-8-19(9-7-16)24(25,26)27)14-22(29-15)21-10-11-28-23(30-21)17-4-3-5-20(13-17)31-34(2,32)33/h3-14,31H,1-2H3. The maximum Gasteiger partial charge on any atom is 0.416 e. The van der Waals surface area contributed by atoms with Gasteiger partial charge in [0.2, 0.25) is 10.0 Å². The summed E-state index contributed by atoms with van der Waals surface area (Å²) in [7, 11) is -3.44. The van der Waals surface area contributed by atoms with E-state index in [9.17, 15) is 21.6 Å². The van der Waals surface area contributed by atoms with E-state index in [1.54, 1.807) is 55.6 Å². The Morgan fingerprint density at radius 2 is 1.56 bits per heavy atom. The number of nitrogens with zero attached hydrogens (tertiary/aromatic N) is 3. The van der Waals surface area contributed by atoms with E-state index in [-0.39, 0.29) is 0 Å². The van der Waals surface area contributed by atoms with Gasteiger partial charge in [-0.2, -0.15) is 13.2 Å². The molecule has 2 aromatic heterocycles. The number of alkyl halides is 3. The van der Waals surface area contributed by atoms with Crippen LogP contribution in [0.5, 0.6) is 0 Å².